The van der Waals surface area contributed by atoms with Crippen molar-refractivity contribution >= 4 is 47.1 Å². The van der Waals surface area contributed by atoms with Gasteiger partial charge in [-0.2, -0.15) is 15.2 Å². The van der Waals surface area contributed by atoms with E-state index in [-0.39, 0.29) is 11.7 Å². The molecule has 0 bridgehead atoms. The Morgan fingerprint density at radius 3 is 2.93 bits per heavy atom. The second-order valence-corrected chi connectivity index (χ2v) is 7.61. The van der Waals surface area contributed by atoms with Gasteiger partial charge in [0, 0.05) is 23.3 Å². The molecule has 0 fully saturated rings. The molecule has 1 amide bonds. The molecule has 0 spiro atoms. The summed E-state index contributed by atoms with van der Waals surface area (Å²) < 4.78 is 7.01. The summed E-state index contributed by atoms with van der Waals surface area (Å²) in [5.74, 6) is 0.772. The summed E-state index contributed by atoms with van der Waals surface area (Å²) >= 11 is 7.15. The Labute approximate surface area is 182 Å². The first-order chi connectivity index (χ1) is 14.4. The van der Waals surface area contributed by atoms with Crippen LogP contribution in [-0.2, 0) is 11.8 Å². The molecule has 0 saturated carbocycles. The average molecular weight is 449 g/mol. The molecule has 0 aliphatic heterocycles. The smallest absolute Gasteiger partial charge is 0.240 e. The molecule has 1 aromatic carbocycles. The number of nitrogens with one attached hydrogen (secondary N) is 3. The number of ether oxygens (including phenoxy) is 1. The summed E-state index contributed by atoms with van der Waals surface area (Å²) in [6.45, 7) is 3.89. The first kappa shape index (κ1) is 21.7. The van der Waals surface area contributed by atoms with Crippen molar-refractivity contribution in [3.8, 4) is 5.75 Å². The Kier molecular flexibility index (Phi) is 6.95. The number of aryl methyl sites for hydroxylation is 2. The van der Waals surface area contributed by atoms with Crippen molar-refractivity contribution in [3.05, 3.63) is 40.2 Å². The summed E-state index contributed by atoms with van der Waals surface area (Å²) in [7, 11) is 3.40. The molecule has 2 heterocycles. The van der Waals surface area contributed by atoms with Crippen molar-refractivity contribution in [2.45, 2.75) is 19.0 Å². The molecule has 10 nitrogen and oxygen atoms in total. The third kappa shape index (κ3) is 5.30. The molecule has 0 saturated heterocycles. The average Bonchev–Trinajstić information content (AvgIpc) is 3.26. The number of amides is 1. The van der Waals surface area contributed by atoms with Crippen molar-refractivity contribution < 1.29 is 9.53 Å². The lowest BCUT2D eigenvalue weighted by atomic mass is 10.2. The first-order valence-corrected chi connectivity index (χ1v) is 10.2. The number of hydrazone groups is 1. The predicted octanol–water partition coefficient (Wildman–Crippen LogP) is 2.99. The van der Waals surface area contributed by atoms with E-state index in [2.05, 4.69) is 36.1 Å². The van der Waals surface area contributed by atoms with Crippen LogP contribution in [0.2, 0.25) is 5.02 Å². The van der Waals surface area contributed by atoms with E-state index in [1.807, 2.05) is 20.9 Å². The molecule has 12 heteroatoms. The van der Waals surface area contributed by atoms with Gasteiger partial charge < -0.3 is 10.1 Å². The van der Waals surface area contributed by atoms with Crippen LogP contribution in [0.4, 0.5) is 11.6 Å². The van der Waals surface area contributed by atoms with Crippen LogP contribution in [0, 0.1) is 13.8 Å². The summed E-state index contributed by atoms with van der Waals surface area (Å²) in [5.41, 5.74) is 6.12. The molecule has 2 aromatic heterocycles. The number of carbonyl (C=O) groups excluding carboxylic acids is 1. The van der Waals surface area contributed by atoms with Gasteiger partial charge in [-0.15, -0.1) is 5.10 Å². The van der Waals surface area contributed by atoms with Gasteiger partial charge >= 0.3 is 0 Å². The molecule has 0 atom stereocenters. The summed E-state index contributed by atoms with van der Waals surface area (Å²) in [6.07, 6.45) is 1.68. The summed E-state index contributed by atoms with van der Waals surface area (Å²) in [6, 6.07) is 5.00. The number of carbonyl (C=O) groups is 1. The van der Waals surface area contributed by atoms with E-state index in [0.717, 1.165) is 17.0 Å². The maximum Gasteiger partial charge on any atom is 0.240 e. The van der Waals surface area contributed by atoms with Crippen LogP contribution < -0.4 is 15.5 Å². The van der Waals surface area contributed by atoms with E-state index in [1.54, 1.807) is 29.1 Å². The lowest BCUT2D eigenvalue weighted by molar-refractivity contribution is -0.113. The van der Waals surface area contributed by atoms with Crippen molar-refractivity contribution in [2.24, 2.45) is 12.1 Å². The van der Waals surface area contributed by atoms with Crippen molar-refractivity contribution in [1.29, 1.82) is 0 Å². The predicted molar refractivity (Wildman–Crippen MR) is 118 cm³/mol. The number of thioether (sulfide) groups is 1. The number of halogens is 1. The van der Waals surface area contributed by atoms with Gasteiger partial charge in [-0.3, -0.25) is 9.48 Å². The zero-order valence-electron chi connectivity index (χ0n) is 16.9. The highest BCUT2D eigenvalue weighted by atomic mass is 35.5. The highest BCUT2D eigenvalue weighted by molar-refractivity contribution is 7.99. The molecule has 30 heavy (non-hydrogen) atoms. The Bertz CT molecular complexity index is 1080. The second-order valence-electron chi connectivity index (χ2n) is 6.23. The van der Waals surface area contributed by atoms with Crippen molar-refractivity contribution in [2.75, 3.05) is 23.6 Å². The van der Waals surface area contributed by atoms with Crippen LogP contribution in [0.3, 0.4) is 0 Å². The van der Waals surface area contributed by atoms with Gasteiger partial charge in [-0.05, 0) is 32.0 Å². The Hall–Kier alpha value is -3.05. The number of H-pyrrole nitrogens is 1. The second kappa shape index (κ2) is 9.63. The zero-order valence-corrected chi connectivity index (χ0v) is 18.4. The summed E-state index contributed by atoms with van der Waals surface area (Å²) in [5, 5.41) is 19.0. The summed E-state index contributed by atoms with van der Waals surface area (Å²) in [4.78, 5) is 16.5. The van der Waals surface area contributed by atoms with E-state index < -0.39 is 0 Å². The van der Waals surface area contributed by atoms with Gasteiger partial charge in [-0.1, -0.05) is 23.4 Å². The van der Waals surface area contributed by atoms with Crippen molar-refractivity contribution in [1.82, 2.24) is 25.0 Å². The maximum atomic E-state index is 12.2. The highest BCUT2D eigenvalue weighted by Crippen LogP contribution is 2.28. The largest absolute Gasteiger partial charge is 0.495 e. The minimum Gasteiger partial charge on any atom is -0.495 e. The van der Waals surface area contributed by atoms with Crippen LogP contribution in [0.1, 0.15) is 17.0 Å². The maximum absolute atomic E-state index is 12.2. The zero-order chi connectivity index (χ0) is 21.7. The van der Waals surface area contributed by atoms with E-state index >= 15 is 0 Å². The number of benzene rings is 1. The van der Waals surface area contributed by atoms with Gasteiger partial charge in [0.2, 0.25) is 17.0 Å². The minimum atomic E-state index is -0.236. The molecule has 0 aliphatic rings. The minimum absolute atomic E-state index is 0.115. The number of aromatic nitrogens is 5. The number of hydrogen-bond donors (Lipinski definition) is 3. The number of rotatable bonds is 8. The molecule has 3 aromatic rings. The number of anilines is 2. The lowest BCUT2D eigenvalue weighted by Gasteiger charge is -2.09. The quantitative estimate of drug-likeness (QED) is 0.275. The number of methoxy groups -OCH3 is 1. The van der Waals surface area contributed by atoms with Crippen LogP contribution >= 0.6 is 23.4 Å². The Morgan fingerprint density at radius 1 is 1.43 bits per heavy atom. The van der Waals surface area contributed by atoms with Gasteiger partial charge in [0.1, 0.15) is 5.75 Å². The third-order valence-electron chi connectivity index (χ3n) is 4.16. The molecule has 0 aliphatic carbocycles. The third-order valence-corrected chi connectivity index (χ3v) is 5.24. The van der Waals surface area contributed by atoms with Gasteiger partial charge in [0.25, 0.3) is 0 Å². The fraction of sp³-hybridized carbons (Fsp3) is 0.278. The Balaban J connectivity index is 1.52. The fourth-order valence-electron chi connectivity index (χ4n) is 2.59. The molecular weight excluding hydrogens is 428 g/mol. The monoisotopic (exact) mass is 448 g/mol. The van der Waals surface area contributed by atoms with Gasteiger partial charge in [0.05, 0.1) is 30.5 Å². The van der Waals surface area contributed by atoms with Crippen LogP contribution in [0.5, 0.6) is 5.75 Å². The number of hydrogen-bond acceptors (Lipinski definition) is 8. The van der Waals surface area contributed by atoms with Crippen LogP contribution in [-0.4, -0.2) is 49.9 Å². The normalized spacial score (nSPS) is 11.1. The van der Waals surface area contributed by atoms with E-state index in [4.69, 9.17) is 16.3 Å². The lowest BCUT2D eigenvalue weighted by Crippen LogP contribution is -2.14. The highest BCUT2D eigenvalue weighted by Gasteiger charge is 2.11. The van der Waals surface area contributed by atoms with Crippen LogP contribution in [0.15, 0.2) is 28.5 Å². The van der Waals surface area contributed by atoms with Gasteiger partial charge in [-0.25, -0.2) is 10.5 Å². The SMILES string of the molecule is COc1ccc(Cl)cc1NC(=O)CSc1n[nH]c(N/N=C/c2c(C)nn(C)c2C)n1. The first-order valence-electron chi connectivity index (χ1n) is 8.85. The van der Waals surface area contributed by atoms with E-state index in [0.29, 0.717) is 27.6 Å². The Morgan fingerprint density at radius 2 is 2.23 bits per heavy atom. The molecule has 158 valence electrons. The molecule has 3 rings (SSSR count). The fourth-order valence-corrected chi connectivity index (χ4v) is 3.36. The standard InChI is InChI=1S/C18H21ClN8O2S/c1-10-13(11(2)27(3)26-10)8-20-23-17-22-18(25-24-17)30-9-16(28)21-14-7-12(19)5-6-15(14)29-4/h5-8H,9H2,1-4H3,(H,21,28)(H2,22,23,24,25)/b20-8+. The molecule has 0 radical (unpaired) electrons. The molecule has 3 N–H and O–H groups in total. The number of aromatic amines is 1. The topological polar surface area (TPSA) is 122 Å². The van der Waals surface area contributed by atoms with Crippen LogP contribution in [0.25, 0.3) is 0 Å². The van der Waals surface area contributed by atoms with E-state index in [1.165, 1.54) is 18.9 Å². The van der Waals surface area contributed by atoms with Crippen molar-refractivity contribution in [3.63, 3.8) is 0 Å². The van der Waals surface area contributed by atoms with Gasteiger partial charge in [0.15, 0.2) is 0 Å². The molecular formula is C18H21ClN8O2S. The number of nitrogens with zero attached hydrogens (tertiary/aromatic N) is 5. The molecule has 0 unspecified atom stereocenters. The van der Waals surface area contributed by atoms with E-state index in [9.17, 15) is 4.79 Å².